The maximum absolute atomic E-state index is 9.11. The number of rotatable bonds is 6. The second kappa shape index (κ2) is 7.21. The van der Waals surface area contributed by atoms with Crippen molar-refractivity contribution in [1.82, 2.24) is 9.55 Å². The summed E-state index contributed by atoms with van der Waals surface area (Å²) >= 11 is 11.9. The number of imidazole rings is 1. The molecule has 0 bridgehead atoms. The summed E-state index contributed by atoms with van der Waals surface area (Å²) in [4.78, 5) is 4.60. The molecule has 0 atom stereocenters. The lowest BCUT2D eigenvalue weighted by molar-refractivity contribution is 0.269. The molecule has 0 radical (unpaired) electrons. The van der Waals surface area contributed by atoms with Crippen molar-refractivity contribution in [3.05, 3.63) is 58.3 Å². The van der Waals surface area contributed by atoms with Crippen LogP contribution < -0.4 is 4.74 Å². The topological polar surface area (TPSA) is 47.3 Å². The molecule has 1 aromatic heterocycles. The van der Waals surface area contributed by atoms with Crippen LogP contribution in [0.5, 0.6) is 5.75 Å². The van der Waals surface area contributed by atoms with E-state index in [-0.39, 0.29) is 6.61 Å². The van der Waals surface area contributed by atoms with E-state index in [1.54, 1.807) is 12.1 Å². The highest BCUT2D eigenvalue weighted by Gasteiger charge is 2.11. The Morgan fingerprint density at radius 3 is 2.52 bits per heavy atom. The molecule has 0 saturated carbocycles. The summed E-state index contributed by atoms with van der Waals surface area (Å²) < 4.78 is 7.84. The lowest BCUT2D eigenvalue weighted by atomic mass is 10.3. The number of hydrogen-bond donors (Lipinski definition) is 1. The van der Waals surface area contributed by atoms with Gasteiger partial charge in [-0.15, -0.1) is 0 Å². The minimum Gasteiger partial charge on any atom is -0.486 e. The van der Waals surface area contributed by atoms with Crippen molar-refractivity contribution in [1.29, 1.82) is 0 Å². The first-order valence-corrected chi connectivity index (χ1v) is 8.07. The van der Waals surface area contributed by atoms with Crippen LogP contribution in [0, 0.1) is 0 Å². The van der Waals surface area contributed by atoms with Crippen molar-refractivity contribution < 1.29 is 9.84 Å². The minimum absolute atomic E-state index is 0.130. The highest BCUT2D eigenvalue weighted by Crippen LogP contribution is 2.22. The lowest BCUT2D eigenvalue weighted by Gasteiger charge is -2.10. The van der Waals surface area contributed by atoms with Gasteiger partial charge in [-0.3, -0.25) is 0 Å². The smallest absolute Gasteiger partial charge is 0.148 e. The van der Waals surface area contributed by atoms with E-state index in [9.17, 15) is 0 Å². The molecule has 120 valence electrons. The quantitative estimate of drug-likeness (QED) is 0.720. The standard InChI is InChI=1S/C17H16Cl2N2O2/c18-12-2-5-14(6-3-12)23-11-17-20-15-10-13(19)4-7-16(15)21(17)8-1-9-22/h2-7,10,22H,1,8-9,11H2. The molecule has 3 rings (SSSR count). The Kier molecular flexibility index (Phi) is 5.06. The number of halogens is 2. The number of aliphatic hydroxyl groups is 1. The van der Waals surface area contributed by atoms with E-state index in [1.165, 1.54) is 0 Å². The van der Waals surface area contributed by atoms with E-state index >= 15 is 0 Å². The Bertz CT molecular complexity index is 800. The Balaban J connectivity index is 1.87. The maximum Gasteiger partial charge on any atom is 0.148 e. The summed E-state index contributed by atoms with van der Waals surface area (Å²) in [6.45, 7) is 1.14. The molecule has 2 aromatic carbocycles. The molecular weight excluding hydrogens is 335 g/mol. The number of aryl methyl sites for hydroxylation is 1. The molecule has 0 unspecified atom stereocenters. The molecule has 0 saturated heterocycles. The van der Waals surface area contributed by atoms with Crippen LogP contribution in [-0.2, 0) is 13.2 Å². The number of benzene rings is 2. The molecular formula is C17H16Cl2N2O2. The van der Waals surface area contributed by atoms with Crippen LogP contribution in [0.4, 0.5) is 0 Å². The van der Waals surface area contributed by atoms with E-state index in [4.69, 9.17) is 33.0 Å². The average Bonchev–Trinajstić information content (AvgIpc) is 2.89. The van der Waals surface area contributed by atoms with Crippen molar-refractivity contribution in [3.63, 3.8) is 0 Å². The van der Waals surface area contributed by atoms with Crippen LogP contribution in [-0.4, -0.2) is 21.3 Å². The van der Waals surface area contributed by atoms with Gasteiger partial charge in [0.05, 0.1) is 11.0 Å². The maximum atomic E-state index is 9.11. The number of nitrogens with zero attached hydrogens (tertiary/aromatic N) is 2. The summed E-state index contributed by atoms with van der Waals surface area (Å²) in [5.74, 6) is 1.53. The number of fused-ring (bicyclic) bond motifs is 1. The van der Waals surface area contributed by atoms with Gasteiger partial charge in [-0.2, -0.15) is 0 Å². The highest BCUT2D eigenvalue weighted by atomic mass is 35.5. The molecule has 0 spiro atoms. The van der Waals surface area contributed by atoms with Crippen molar-refractivity contribution in [2.75, 3.05) is 6.61 Å². The van der Waals surface area contributed by atoms with Crippen LogP contribution in [0.1, 0.15) is 12.2 Å². The fourth-order valence-electron chi connectivity index (χ4n) is 2.42. The van der Waals surface area contributed by atoms with Crippen molar-refractivity contribution >= 4 is 34.2 Å². The summed E-state index contributed by atoms with van der Waals surface area (Å²) in [6.07, 6.45) is 0.655. The number of aliphatic hydroxyl groups excluding tert-OH is 1. The predicted octanol–water partition coefficient (Wildman–Crippen LogP) is 4.30. The zero-order chi connectivity index (χ0) is 16.2. The summed E-state index contributed by atoms with van der Waals surface area (Å²) in [7, 11) is 0. The SMILES string of the molecule is OCCCn1c(COc2ccc(Cl)cc2)nc2cc(Cl)ccc21. The minimum atomic E-state index is 0.130. The second-order valence-corrected chi connectivity index (χ2v) is 6.01. The van der Waals surface area contributed by atoms with E-state index in [0.29, 0.717) is 29.6 Å². The molecule has 0 amide bonds. The Morgan fingerprint density at radius 1 is 1.04 bits per heavy atom. The van der Waals surface area contributed by atoms with Gasteiger partial charge in [-0.05, 0) is 48.9 Å². The normalized spacial score (nSPS) is 11.1. The van der Waals surface area contributed by atoms with E-state index in [0.717, 1.165) is 22.6 Å². The van der Waals surface area contributed by atoms with Gasteiger partial charge in [-0.1, -0.05) is 23.2 Å². The summed E-state index contributed by atoms with van der Waals surface area (Å²) in [6, 6.07) is 12.8. The molecule has 0 aliphatic rings. The van der Waals surface area contributed by atoms with Crippen LogP contribution in [0.2, 0.25) is 10.0 Å². The van der Waals surface area contributed by atoms with Gasteiger partial charge < -0.3 is 14.4 Å². The molecule has 1 N–H and O–H groups in total. The number of aromatic nitrogens is 2. The zero-order valence-corrected chi connectivity index (χ0v) is 13.9. The highest BCUT2D eigenvalue weighted by molar-refractivity contribution is 6.31. The van der Waals surface area contributed by atoms with Crippen LogP contribution in [0.25, 0.3) is 11.0 Å². The van der Waals surface area contributed by atoms with Gasteiger partial charge in [0.2, 0.25) is 0 Å². The molecule has 4 nitrogen and oxygen atoms in total. The van der Waals surface area contributed by atoms with Gasteiger partial charge in [0.15, 0.2) is 0 Å². The average molecular weight is 351 g/mol. The first kappa shape index (κ1) is 16.1. The molecule has 0 aliphatic carbocycles. The van der Waals surface area contributed by atoms with Gasteiger partial charge >= 0.3 is 0 Å². The molecule has 23 heavy (non-hydrogen) atoms. The van der Waals surface area contributed by atoms with E-state index in [2.05, 4.69) is 9.55 Å². The molecule has 0 fully saturated rings. The summed E-state index contributed by atoms with van der Waals surface area (Å²) in [5, 5.41) is 10.4. The Hall–Kier alpha value is -1.75. The zero-order valence-electron chi connectivity index (χ0n) is 12.4. The number of hydrogen-bond acceptors (Lipinski definition) is 3. The molecule has 6 heteroatoms. The predicted molar refractivity (Wildman–Crippen MR) is 92.2 cm³/mol. The van der Waals surface area contributed by atoms with Crippen LogP contribution in [0.15, 0.2) is 42.5 Å². The van der Waals surface area contributed by atoms with Gasteiger partial charge in [0, 0.05) is 23.2 Å². The third-order valence-electron chi connectivity index (χ3n) is 3.51. The third-order valence-corrected chi connectivity index (χ3v) is 4.00. The monoisotopic (exact) mass is 350 g/mol. The lowest BCUT2D eigenvalue weighted by Crippen LogP contribution is -2.08. The largest absolute Gasteiger partial charge is 0.486 e. The van der Waals surface area contributed by atoms with E-state index in [1.807, 2.05) is 30.3 Å². The summed E-state index contributed by atoms with van der Waals surface area (Å²) in [5.41, 5.74) is 1.81. The van der Waals surface area contributed by atoms with Crippen molar-refractivity contribution in [2.45, 2.75) is 19.6 Å². The second-order valence-electron chi connectivity index (χ2n) is 5.13. The first-order chi connectivity index (χ1) is 11.2. The fourth-order valence-corrected chi connectivity index (χ4v) is 2.71. The Labute approximate surface area is 144 Å². The van der Waals surface area contributed by atoms with Gasteiger partial charge in [0.25, 0.3) is 0 Å². The Morgan fingerprint density at radius 2 is 1.78 bits per heavy atom. The first-order valence-electron chi connectivity index (χ1n) is 7.31. The molecule has 1 heterocycles. The van der Waals surface area contributed by atoms with Crippen LogP contribution >= 0.6 is 23.2 Å². The van der Waals surface area contributed by atoms with Gasteiger partial charge in [0.1, 0.15) is 18.2 Å². The molecule has 3 aromatic rings. The number of ether oxygens (including phenoxy) is 1. The van der Waals surface area contributed by atoms with Crippen molar-refractivity contribution in [2.24, 2.45) is 0 Å². The molecule has 0 aliphatic heterocycles. The van der Waals surface area contributed by atoms with Crippen molar-refractivity contribution in [3.8, 4) is 5.75 Å². The van der Waals surface area contributed by atoms with E-state index < -0.39 is 0 Å². The fraction of sp³-hybridized carbons (Fsp3) is 0.235. The van der Waals surface area contributed by atoms with Crippen LogP contribution in [0.3, 0.4) is 0 Å². The third kappa shape index (κ3) is 3.78. The van der Waals surface area contributed by atoms with Gasteiger partial charge in [-0.25, -0.2) is 4.98 Å².